The SMILES string of the molecule is CCN(CC)c1ccc(CCc2ccc3c(c2)c2cc(CCc4ccc(N(CC)CC)cc4)ccc2n3CC)cc1. The Morgan fingerprint density at radius 3 is 1.12 bits per heavy atom. The molecule has 0 unspecified atom stereocenters. The Balaban J connectivity index is 1.33. The molecule has 1 aromatic heterocycles. The summed E-state index contributed by atoms with van der Waals surface area (Å²) in [6.07, 6.45) is 4.24. The fraction of sp³-hybridized carbons (Fsp3) is 0.368. The van der Waals surface area contributed by atoms with Crippen molar-refractivity contribution in [1.29, 1.82) is 0 Å². The molecular formula is C38H47N3. The number of aromatic nitrogens is 1. The maximum Gasteiger partial charge on any atom is 0.0491 e. The first-order valence-corrected chi connectivity index (χ1v) is 15.8. The van der Waals surface area contributed by atoms with Gasteiger partial charge >= 0.3 is 0 Å². The van der Waals surface area contributed by atoms with Crippen molar-refractivity contribution >= 4 is 33.2 Å². The van der Waals surface area contributed by atoms with E-state index in [4.69, 9.17) is 0 Å². The third kappa shape index (κ3) is 6.30. The molecule has 0 spiro atoms. The topological polar surface area (TPSA) is 11.4 Å². The maximum atomic E-state index is 2.47. The van der Waals surface area contributed by atoms with E-state index in [0.29, 0.717) is 0 Å². The van der Waals surface area contributed by atoms with Crippen molar-refractivity contribution in [3.8, 4) is 0 Å². The number of fused-ring (bicyclic) bond motifs is 3. The first kappa shape index (κ1) is 28.8. The highest BCUT2D eigenvalue weighted by molar-refractivity contribution is 6.08. The molecular weight excluding hydrogens is 498 g/mol. The van der Waals surface area contributed by atoms with Crippen LogP contribution in [0, 0.1) is 0 Å². The molecule has 0 saturated heterocycles. The fourth-order valence-corrected chi connectivity index (χ4v) is 6.35. The summed E-state index contributed by atoms with van der Waals surface area (Å²) >= 11 is 0. The van der Waals surface area contributed by atoms with Gasteiger partial charge in [-0.2, -0.15) is 0 Å². The van der Waals surface area contributed by atoms with Crippen molar-refractivity contribution in [3.05, 3.63) is 107 Å². The number of anilines is 2. The highest BCUT2D eigenvalue weighted by Gasteiger charge is 2.12. The number of hydrogen-bond donors (Lipinski definition) is 0. The zero-order chi connectivity index (χ0) is 28.8. The highest BCUT2D eigenvalue weighted by Crippen LogP contribution is 2.31. The van der Waals surface area contributed by atoms with Gasteiger partial charge in [0.1, 0.15) is 0 Å². The van der Waals surface area contributed by atoms with Crippen molar-refractivity contribution in [3.63, 3.8) is 0 Å². The van der Waals surface area contributed by atoms with Gasteiger partial charge in [0.05, 0.1) is 0 Å². The maximum absolute atomic E-state index is 2.47. The Bertz CT molecular complexity index is 1440. The average molecular weight is 546 g/mol. The van der Waals surface area contributed by atoms with Crippen molar-refractivity contribution in [2.24, 2.45) is 0 Å². The zero-order valence-electron chi connectivity index (χ0n) is 25.8. The van der Waals surface area contributed by atoms with Gasteiger partial charge < -0.3 is 14.4 Å². The summed E-state index contributed by atoms with van der Waals surface area (Å²) in [7, 11) is 0. The molecule has 0 aliphatic rings. The van der Waals surface area contributed by atoms with E-state index in [-0.39, 0.29) is 0 Å². The Labute approximate surface area is 247 Å². The monoisotopic (exact) mass is 545 g/mol. The summed E-state index contributed by atoms with van der Waals surface area (Å²) in [6.45, 7) is 16.3. The normalized spacial score (nSPS) is 11.4. The van der Waals surface area contributed by atoms with E-state index < -0.39 is 0 Å². The standard InChI is InChI=1S/C38H47N3/c1-6-39(7-2)33-21-15-29(16-22-33)11-13-31-19-25-37-35(27-31)36-28-32(20-26-38(36)41(37)10-5)14-12-30-17-23-34(24-18-30)40(8-3)9-4/h15-28H,6-14H2,1-5H3. The number of benzene rings is 4. The first-order valence-electron chi connectivity index (χ1n) is 15.8. The average Bonchev–Trinajstić information content (AvgIpc) is 3.33. The smallest absolute Gasteiger partial charge is 0.0491 e. The van der Waals surface area contributed by atoms with Gasteiger partial charge in [0.15, 0.2) is 0 Å². The van der Waals surface area contributed by atoms with E-state index in [0.717, 1.165) is 58.4 Å². The lowest BCUT2D eigenvalue weighted by molar-refractivity contribution is 0.826. The third-order valence-electron chi connectivity index (χ3n) is 8.84. The summed E-state index contributed by atoms with van der Waals surface area (Å²) in [5.41, 5.74) is 11.0. The molecule has 1 heterocycles. The van der Waals surface area contributed by atoms with E-state index >= 15 is 0 Å². The molecule has 0 aliphatic carbocycles. The molecule has 5 rings (SSSR count). The molecule has 3 nitrogen and oxygen atoms in total. The van der Waals surface area contributed by atoms with Crippen LogP contribution < -0.4 is 9.80 Å². The molecule has 0 saturated carbocycles. The number of nitrogens with zero attached hydrogens (tertiary/aromatic N) is 3. The molecule has 0 bridgehead atoms. The molecule has 0 aliphatic heterocycles. The van der Waals surface area contributed by atoms with Crippen molar-refractivity contribution in [1.82, 2.24) is 4.57 Å². The predicted octanol–water partition coefficient (Wildman–Crippen LogP) is 9.08. The summed E-state index contributed by atoms with van der Waals surface area (Å²) in [6, 6.07) is 32.6. The first-order chi connectivity index (χ1) is 20.1. The van der Waals surface area contributed by atoms with Gasteiger partial charge in [-0.25, -0.2) is 0 Å². The van der Waals surface area contributed by atoms with E-state index in [1.807, 2.05) is 0 Å². The van der Waals surface area contributed by atoms with Gasteiger partial charge in [-0.05, 0) is 131 Å². The largest absolute Gasteiger partial charge is 0.372 e. The molecule has 0 N–H and O–H groups in total. The van der Waals surface area contributed by atoms with Crippen LogP contribution in [0.3, 0.4) is 0 Å². The van der Waals surface area contributed by atoms with E-state index in [1.165, 1.54) is 55.4 Å². The van der Waals surface area contributed by atoms with Gasteiger partial charge in [-0.3, -0.25) is 0 Å². The number of rotatable bonds is 13. The van der Waals surface area contributed by atoms with Gasteiger partial charge in [-0.1, -0.05) is 36.4 Å². The lowest BCUT2D eigenvalue weighted by Crippen LogP contribution is -2.21. The van der Waals surface area contributed by atoms with Crippen LogP contribution in [-0.4, -0.2) is 30.7 Å². The van der Waals surface area contributed by atoms with Crippen LogP contribution in [0.2, 0.25) is 0 Å². The minimum absolute atomic E-state index is 0.983. The molecule has 5 aromatic rings. The molecule has 0 fully saturated rings. The molecule has 214 valence electrons. The van der Waals surface area contributed by atoms with E-state index in [2.05, 4.69) is 134 Å². The van der Waals surface area contributed by atoms with Crippen molar-refractivity contribution < 1.29 is 0 Å². The Hall–Kier alpha value is -3.72. The molecule has 3 heteroatoms. The van der Waals surface area contributed by atoms with Crippen molar-refractivity contribution in [2.75, 3.05) is 36.0 Å². The van der Waals surface area contributed by atoms with Crippen LogP contribution in [0.5, 0.6) is 0 Å². The number of aryl methyl sites for hydroxylation is 5. The summed E-state index contributed by atoms with van der Waals surface area (Å²) < 4.78 is 2.47. The Morgan fingerprint density at radius 1 is 0.439 bits per heavy atom. The lowest BCUT2D eigenvalue weighted by atomic mass is 10.00. The van der Waals surface area contributed by atoms with Crippen LogP contribution in [0.25, 0.3) is 21.8 Å². The van der Waals surface area contributed by atoms with Crippen LogP contribution >= 0.6 is 0 Å². The second kappa shape index (κ2) is 13.3. The van der Waals surface area contributed by atoms with Gasteiger partial charge in [0, 0.05) is 65.9 Å². The minimum Gasteiger partial charge on any atom is -0.372 e. The zero-order valence-corrected chi connectivity index (χ0v) is 25.8. The predicted molar refractivity (Wildman–Crippen MR) is 180 cm³/mol. The molecule has 0 atom stereocenters. The minimum atomic E-state index is 0.983. The Kier molecular flexibility index (Phi) is 9.34. The second-order valence-electron chi connectivity index (χ2n) is 11.1. The van der Waals surface area contributed by atoms with E-state index in [1.54, 1.807) is 0 Å². The quantitative estimate of drug-likeness (QED) is 0.146. The molecule has 4 aromatic carbocycles. The lowest BCUT2D eigenvalue weighted by Gasteiger charge is -2.21. The molecule has 41 heavy (non-hydrogen) atoms. The van der Waals surface area contributed by atoms with Crippen LogP contribution in [0.4, 0.5) is 11.4 Å². The molecule has 0 amide bonds. The summed E-state index contributed by atoms with van der Waals surface area (Å²) in [5, 5.41) is 2.78. The van der Waals surface area contributed by atoms with Gasteiger partial charge in [0.25, 0.3) is 0 Å². The summed E-state index contributed by atoms with van der Waals surface area (Å²) in [5.74, 6) is 0. The van der Waals surface area contributed by atoms with Crippen LogP contribution in [0.1, 0.15) is 56.9 Å². The Morgan fingerprint density at radius 2 is 0.780 bits per heavy atom. The van der Waals surface area contributed by atoms with Gasteiger partial charge in [-0.15, -0.1) is 0 Å². The third-order valence-corrected chi connectivity index (χ3v) is 8.84. The van der Waals surface area contributed by atoms with Crippen molar-refractivity contribution in [2.45, 2.75) is 66.8 Å². The fourth-order valence-electron chi connectivity index (χ4n) is 6.35. The summed E-state index contributed by atoms with van der Waals surface area (Å²) in [4.78, 5) is 4.80. The van der Waals surface area contributed by atoms with Crippen LogP contribution in [0.15, 0.2) is 84.9 Å². The molecule has 0 radical (unpaired) electrons. The van der Waals surface area contributed by atoms with Gasteiger partial charge in [0.2, 0.25) is 0 Å². The highest BCUT2D eigenvalue weighted by atomic mass is 15.1. The number of hydrogen-bond acceptors (Lipinski definition) is 2. The van der Waals surface area contributed by atoms with E-state index in [9.17, 15) is 0 Å². The van der Waals surface area contributed by atoms with Crippen LogP contribution in [-0.2, 0) is 32.2 Å². The second-order valence-corrected chi connectivity index (χ2v) is 11.1.